The smallest absolute Gasteiger partial charge is 0.227 e. The van der Waals surface area contributed by atoms with Crippen molar-refractivity contribution >= 4 is 0 Å². The average Bonchev–Trinajstić information content (AvgIpc) is 2.77. The Bertz CT molecular complexity index is 399. The lowest BCUT2D eigenvalue weighted by atomic mass is 9.91. The van der Waals surface area contributed by atoms with Crippen LogP contribution in [-0.4, -0.2) is 10.1 Å². The number of hydrogen-bond acceptors (Lipinski definition) is 4. The molecule has 1 aliphatic carbocycles. The van der Waals surface area contributed by atoms with E-state index in [0.717, 1.165) is 5.82 Å². The highest BCUT2D eigenvalue weighted by Gasteiger charge is 2.19. The van der Waals surface area contributed by atoms with Gasteiger partial charge in [-0.2, -0.15) is 10.2 Å². The molecule has 0 saturated heterocycles. The molecule has 4 nitrogen and oxygen atoms in total. The largest absolute Gasteiger partial charge is 0.339 e. The molecule has 0 spiro atoms. The summed E-state index contributed by atoms with van der Waals surface area (Å²) in [7, 11) is 0. The van der Waals surface area contributed by atoms with Crippen molar-refractivity contribution < 1.29 is 4.52 Å². The summed E-state index contributed by atoms with van der Waals surface area (Å²) in [6, 6.07) is 2.19. The molecular weight excluding hydrogens is 226 g/mol. The number of nitriles is 1. The van der Waals surface area contributed by atoms with Crippen LogP contribution in [0, 0.1) is 17.2 Å². The highest BCUT2D eigenvalue weighted by Crippen LogP contribution is 2.29. The minimum absolute atomic E-state index is 0.0596. The summed E-state index contributed by atoms with van der Waals surface area (Å²) < 4.78 is 5.25. The second kappa shape index (κ2) is 6.53. The summed E-state index contributed by atoms with van der Waals surface area (Å²) in [5.74, 6) is 1.87. The molecule has 1 aliphatic rings. The molecule has 0 bridgehead atoms. The molecule has 1 fully saturated rings. The van der Waals surface area contributed by atoms with E-state index in [1.54, 1.807) is 0 Å². The Morgan fingerprint density at radius 1 is 1.28 bits per heavy atom. The topological polar surface area (TPSA) is 62.7 Å². The Balaban J connectivity index is 1.97. The molecule has 98 valence electrons. The first-order valence-corrected chi connectivity index (χ1v) is 7.01. The van der Waals surface area contributed by atoms with Crippen LogP contribution in [0.5, 0.6) is 0 Å². The summed E-state index contributed by atoms with van der Waals surface area (Å²) in [6.45, 7) is 1.87. The second-order valence-electron chi connectivity index (χ2n) is 5.32. The van der Waals surface area contributed by atoms with E-state index in [2.05, 4.69) is 16.2 Å². The van der Waals surface area contributed by atoms with Crippen LogP contribution in [0.2, 0.25) is 0 Å². The third-order valence-corrected chi connectivity index (χ3v) is 3.66. The summed E-state index contributed by atoms with van der Waals surface area (Å²) in [6.07, 6.45) is 9.46. The van der Waals surface area contributed by atoms with Crippen LogP contribution in [0.4, 0.5) is 0 Å². The Morgan fingerprint density at radius 2 is 1.94 bits per heavy atom. The van der Waals surface area contributed by atoms with Gasteiger partial charge in [-0.3, -0.25) is 0 Å². The van der Waals surface area contributed by atoms with E-state index >= 15 is 0 Å². The fourth-order valence-corrected chi connectivity index (χ4v) is 2.54. The van der Waals surface area contributed by atoms with Crippen molar-refractivity contribution in [3.63, 3.8) is 0 Å². The minimum atomic E-state index is -0.0596. The first-order valence-electron chi connectivity index (χ1n) is 7.01. The standard InChI is InChI=1S/C14H21N3O/c1-11(10-15)9-13-16-14(17-18-13)12-7-5-3-2-4-6-8-12/h11-12H,2-9H2,1H3. The maximum absolute atomic E-state index is 8.78. The molecule has 1 aromatic rings. The van der Waals surface area contributed by atoms with E-state index < -0.39 is 0 Å². The zero-order valence-electron chi connectivity index (χ0n) is 11.1. The van der Waals surface area contributed by atoms with Crippen LogP contribution in [0.15, 0.2) is 4.52 Å². The fraction of sp³-hybridized carbons (Fsp3) is 0.786. The van der Waals surface area contributed by atoms with Gasteiger partial charge in [-0.1, -0.05) is 37.3 Å². The van der Waals surface area contributed by atoms with Crippen molar-refractivity contribution in [2.45, 2.75) is 64.2 Å². The molecule has 1 heterocycles. The molecule has 4 heteroatoms. The van der Waals surface area contributed by atoms with Gasteiger partial charge in [0.2, 0.25) is 5.89 Å². The third-order valence-electron chi connectivity index (χ3n) is 3.66. The third kappa shape index (κ3) is 3.56. The first kappa shape index (κ1) is 13.1. The van der Waals surface area contributed by atoms with Crippen molar-refractivity contribution in [1.29, 1.82) is 5.26 Å². The normalized spacial score (nSPS) is 19.8. The summed E-state index contributed by atoms with van der Waals surface area (Å²) in [4.78, 5) is 4.47. The molecule has 0 radical (unpaired) electrons. The van der Waals surface area contributed by atoms with Gasteiger partial charge < -0.3 is 4.52 Å². The molecule has 0 N–H and O–H groups in total. The quantitative estimate of drug-likeness (QED) is 0.818. The van der Waals surface area contributed by atoms with E-state index in [4.69, 9.17) is 9.78 Å². The SMILES string of the molecule is CC(C#N)Cc1nc(C2CCCCCCC2)no1. The number of nitrogens with zero attached hydrogens (tertiary/aromatic N) is 3. The molecule has 1 unspecified atom stereocenters. The molecular formula is C14H21N3O. The summed E-state index contributed by atoms with van der Waals surface area (Å²) >= 11 is 0. The predicted molar refractivity (Wildman–Crippen MR) is 67.8 cm³/mol. The first-order chi connectivity index (χ1) is 8.79. The Kier molecular flexibility index (Phi) is 4.74. The van der Waals surface area contributed by atoms with Gasteiger partial charge >= 0.3 is 0 Å². The lowest BCUT2D eigenvalue weighted by Gasteiger charge is -2.15. The monoisotopic (exact) mass is 247 g/mol. The van der Waals surface area contributed by atoms with Crippen LogP contribution in [0.3, 0.4) is 0 Å². The Labute approximate surface area is 108 Å². The Morgan fingerprint density at radius 3 is 2.61 bits per heavy atom. The highest BCUT2D eigenvalue weighted by atomic mass is 16.5. The molecule has 1 aromatic heterocycles. The van der Waals surface area contributed by atoms with Crippen molar-refractivity contribution in [1.82, 2.24) is 10.1 Å². The molecule has 1 atom stereocenters. The predicted octanol–water partition coefficient (Wildman–Crippen LogP) is 3.60. The van der Waals surface area contributed by atoms with Gasteiger partial charge in [-0.05, 0) is 19.8 Å². The van der Waals surface area contributed by atoms with Gasteiger partial charge in [-0.15, -0.1) is 0 Å². The van der Waals surface area contributed by atoms with Crippen molar-refractivity contribution in [3.8, 4) is 6.07 Å². The maximum Gasteiger partial charge on any atom is 0.227 e. The zero-order chi connectivity index (χ0) is 12.8. The number of rotatable bonds is 3. The van der Waals surface area contributed by atoms with Crippen molar-refractivity contribution in [2.24, 2.45) is 5.92 Å². The van der Waals surface area contributed by atoms with Crippen LogP contribution in [-0.2, 0) is 6.42 Å². The molecule has 0 aliphatic heterocycles. The lowest BCUT2D eigenvalue weighted by molar-refractivity contribution is 0.355. The fourth-order valence-electron chi connectivity index (χ4n) is 2.54. The molecule has 1 saturated carbocycles. The van der Waals surface area contributed by atoms with E-state index in [-0.39, 0.29) is 5.92 Å². The summed E-state index contributed by atoms with van der Waals surface area (Å²) in [5.41, 5.74) is 0. The molecule has 0 amide bonds. The lowest BCUT2D eigenvalue weighted by Crippen LogP contribution is -2.04. The van der Waals surface area contributed by atoms with Gasteiger partial charge in [0.25, 0.3) is 0 Å². The van der Waals surface area contributed by atoms with E-state index in [9.17, 15) is 0 Å². The summed E-state index contributed by atoms with van der Waals surface area (Å²) in [5, 5.41) is 12.9. The van der Waals surface area contributed by atoms with Gasteiger partial charge in [-0.25, -0.2) is 0 Å². The molecule has 0 aromatic carbocycles. The average molecular weight is 247 g/mol. The van der Waals surface area contributed by atoms with Crippen LogP contribution < -0.4 is 0 Å². The minimum Gasteiger partial charge on any atom is -0.339 e. The van der Waals surface area contributed by atoms with E-state index in [1.165, 1.54) is 44.9 Å². The second-order valence-corrected chi connectivity index (χ2v) is 5.32. The van der Waals surface area contributed by atoms with Crippen LogP contribution in [0.25, 0.3) is 0 Å². The highest BCUT2D eigenvalue weighted by molar-refractivity contribution is 4.98. The molecule has 2 rings (SSSR count). The van der Waals surface area contributed by atoms with Gasteiger partial charge in [0.1, 0.15) is 0 Å². The van der Waals surface area contributed by atoms with Gasteiger partial charge in [0, 0.05) is 12.3 Å². The number of hydrogen-bond donors (Lipinski definition) is 0. The maximum atomic E-state index is 8.78. The van der Waals surface area contributed by atoms with Crippen LogP contribution in [0.1, 0.15) is 69.5 Å². The van der Waals surface area contributed by atoms with Crippen molar-refractivity contribution in [3.05, 3.63) is 11.7 Å². The van der Waals surface area contributed by atoms with Gasteiger partial charge in [0.15, 0.2) is 5.82 Å². The van der Waals surface area contributed by atoms with Crippen molar-refractivity contribution in [2.75, 3.05) is 0 Å². The zero-order valence-corrected chi connectivity index (χ0v) is 11.1. The van der Waals surface area contributed by atoms with E-state index in [0.29, 0.717) is 18.2 Å². The van der Waals surface area contributed by atoms with Crippen LogP contribution >= 0.6 is 0 Å². The Hall–Kier alpha value is -1.37. The van der Waals surface area contributed by atoms with Gasteiger partial charge in [0.05, 0.1) is 12.0 Å². The number of aromatic nitrogens is 2. The molecule has 18 heavy (non-hydrogen) atoms. The van der Waals surface area contributed by atoms with E-state index in [1.807, 2.05) is 6.92 Å².